The Morgan fingerprint density at radius 2 is 1.62 bits per heavy atom. The summed E-state index contributed by atoms with van der Waals surface area (Å²) in [4.78, 5) is 71.1. The molecule has 1 aliphatic heterocycles. The van der Waals surface area contributed by atoms with Crippen LogP contribution in [0, 0.1) is 34.5 Å². The Morgan fingerprint density at radius 1 is 0.942 bits per heavy atom. The average Bonchev–Trinajstić information content (AvgIpc) is 3.64. The van der Waals surface area contributed by atoms with Gasteiger partial charge in [-0.05, 0) is 79.4 Å². The van der Waals surface area contributed by atoms with Crippen LogP contribution in [0.4, 0.5) is 4.79 Å². The second kappa shape index (κ2) is 16.2. The fourth-order valence-corrected chi connectivity index (χ4v) is 9.58. The van der Waals surface area contributed by atoms with E-state index in [1.54, 1.807) is 4.90 Å². The minimum absolute atomic E-state index is 0.0595. The molecule has 0 aromatic carbocycles. The molecule has 13 nitrogen and oxygen atoms in total. The lowest BCUT2D eigenvalue weighted by molar-refractivity contribution is -0.144. The average molecular weight is 747 g/mol. The molecule has 1 saturated heterocycles. The summed E-state index contributed by atoms with van der Waals surface area (Å²) in [6, 6.07) is -3.79. The van der Waals surface area contributed by atoms with Crippen molar-refractivity contribution < 1.29 is 32.4 Å². The molecule has 4 aliphatic carbocycles. The number of fused-ring (bicyclic) bond motifs is 2. The number of carbonyl (C=O) groups excluding carboxylic acids is 5. The maximum Gasteiger partial charge on any atom is 0.315 e. The van der Waals surface area contributed by atoms with Crippen LogP contribution in [0.1, 0.15) is 104 Å². The molecule has 5 fully saturated rings. The summed E-state index contributed by atoms with van der Waals surface area (Å²) in [5.41, 5.74) is -0.370. The van der Waals surface area contributed by atoms with Crippen LogP contribution < -0.4 is 21.3 Å². The first-order valence-corrected chi connectivity index (χ1v) is 21.3. The number of sulfonamides is 1. The third-order valence-corrected chi connectivity index (χ3v) is 14.2. The van der Waals surface area contributed by atoms with Gasteiger partial charge in [0.2, 0.25) is 27.6 Å². The van der Waals surface area contributed by atoms with E-state index in [-0.39, 0.29) is 48.1 Å². The molecule has 1 unspecified atom stereocenters. The van der Waals surface area contributed by atoms with Crippen LogP contribution >= 0.6 is 0 Å². The van der Waals surface area contributed by atoms with Crippen molar-refractivity contribution in [3.63, 3.8) is 0 Å². The van der Waals surface area contributed by atoms with Gasteiger partial charge in [-0.15, -0.1) is 6.58 Å². The molecule has 0 aromatic rings. The zero-order valence-corrected chi connectivity index (χ0v) is 32.7. The molecule has 4 N–H and O–H groups in total. The number of nitrogens with one attached hydrogen (secondary N) is 4. The molecule has 0 aromatic heterocycles. The van der Waals surface area contributed by atoms with E-state index in [0.29, 0.717) is 13.0 Å². The van der Waals surface area contributed by atoms with Gasteiger partial charge in [0.1, 0.15) is 12.1 Å². The zero-order valence-electron chi connectivity index (χ0n) is 31.9. The normalized spacial score (nSPS) is 26.1. The Kier molecular flexibility index (Phi) is 12.5. The van der Waals surface area contributed by atoms with Crippen molar-refractivity contribution in [1.29, 1.82) is 0 Å². The van der Waals surface area contributed by atoms with E-state index in [9.17, 15) is 32.4 Å². The monoisotopic (exact) mass is 746 g/mol. The SMILES string of the molecule is C=CCNC(=O)C(=O)C(CC1CCC1)NC(=O)[C@@H]1[C@H]2CCC3(CC3)[C@H]2CN1C(=O)[C@@H](NC(=O)N[C@H](CN(C)S(C)(=O)=O)C(C)(C)C)C1CCCCC1. The predicted octanol–water partition coefficient (Wildman–Crippen LogP) is 3.10. The number of hydrogen-bond donors (Lipinski definition) is 4. The summed E-state index contributed by atoms with van der Waals surface area (Å²) in [6.45, 7) is 9.98. The van der Waals surface area contributed by atoms with Crippen molar-refractivity contribution in [2.24, 2.45) is 34.5 Å². The van der Waals surface area contributed by atoms with Crippen LogP contribution in [0.25, 0.3) is 0 Å². The minimum atomic E-state index is -3.50. The van der Waals surface area contributed by atoms with Crippen LogP contribution in [-0.4, -0.2) is 104 Å². The van der Waals surface area contributed by atoms with E-state index in [1.807, 2.05) is 20.8 Å². The van der Waals surface area contributed by atoms with Crippen molar-refractivity contribution in [1.82, 2.24) is 30.5 Å². The first-order valence-electron chi connectivity index (χ1n) is 19.5. The van der Waals surface area contributed by atoms with E-state index in [2.05, 4.69) is 27.8 Å². The zero-order chi connectivity index (χ0) is 38.0. The highest BCUT2D eigenvalue weighted by Crippen LogP contribution is 2.66. The molecule has 5 aliphatic rings. The van der Waals surface area contributed by atoms with Crippen LogP contribution in [0.5, 0.6) is 0 Å². The molecule has 292 valence electrons. The summed E-state index contributed by atoms with van der Waals surface area (Å²) in [6.07, 6.45) is 14.3. The van der Waals surface area contributed by atoms with E-state index in [4.69, 9.17) is 0 Å². The van der Waals surface area contributed by atoms with Gasteiger partial charge in [0.25, 0.3) is 5.91 Å². The van der Waals surface area contributed by atoms with Gasteiger partial charge in [0, 0.05) is 32.7 Å². The smallest absolute Gasteiger partial charge is 0.315 e. The molecule has 52 heavy (non-hydrogen) atoms. The van der Waals surface area contributed by atoms with Gasteiger partial charge in [-0.1, -0.05) is 65.4 Å². The topological polar surface area (TPSA) is 174 Å². The standard InChI is InChI=1S/C38H62N6O7S/c1-7-20-39-34(47)32(45)28(21-24-12-11-13-24)40-33(46)31-26-16-17-38(18-19-38)27(26)22-44(31)35(48)30(25-14-9-8-10-15-25)42-36(49)41-29(37(2,3)4)23-43(5)52(6,50)51/h7,24-31H,1,8-23H2,2-6H3,(H,39,47)(H,40,46)(H2,41,42,49)/t26-,27-,28?,29+,30-,31-/m0/s1. The maximum absolute atomic E-state index is 14.9. The Labute approximate surface area is 310 Å². The molecule has 1 heterocycles. The molecule has 5 rings (SSSR count). The molecule has 4 saturated carbocycles. The van der Waals surface area contributed by atoms with Crippen LogP contribution in [0.3, 0.4) is 0 Å². The number of hydrogen-bond acceptors (Lipinski definition) is 7. The van der Waals surface area contributed by atoms with Gasteiger partial charge >= 0.3 is 6.03 Å². The van der Waals surface area contributed by atoms with Crippen LogP contribution in [-0.2, 0) is 29.2 Å². The van der Waals surface area contributed by atoms with Gasteiger partial charge in [-0.3, -0.25) is 19.2 Å². The Bertz CT molecular complexity index is 1480. The summed E-state index contributed by atoms with van der Waals surface area (Å²) in [5, 5.41) is 11.5. The molecule has 0 radical (unpaired) electrons. The lowest BCUT2D eigenvalue weighted by Gasteiger charge is -2.37. The molecular weight excluding hydrogens is 685 g/mol. The fraction of sp³-hybridized carbons (Fsp3) is 0.816. The van der Waals surface area contributed by atoms with Gasteiger partial charge in [0.15, 0.2) is 0 Å². The van der Waals surface area contributed by atoms with Crippen LogP contribution in [0.15, 0.2) is 12.7 Å². The van der Waals surface area contributed by atoms with Crippen molar-refractivity contribution in [2.75, 3.05) is 32.9 Å². The highest BCUT2D eigenvalue weighted by Gasteiger charge is 2.64. The molecule has 6 atom stereocenters. The lowest BCUT2D eigenvalue weighted by atomic mass is 9.80. The Morgan fingerprint density at radius 3 is 2.17 bits per heavy atom. The minimum Gasteiger partial charge on any atom is -0.346 e. The third kappa shape index (κ3) is 9.19. The number of rotatable bonds is 15. The van der Waals surface area contributed by atoms with Crippen molar-refractivity contribution in [3.05, 3.63) is 12.7 Å². The van der Waals surface area contributed by atoms with Crippen molar-refractivity contribution >= 4 is 39.6 Å². The first kappa shape index (κ1) is 40.2. The second-order valence-corrected chi connectivity index (χ2v) is 19.6. The second-order valence-electron chi connectivity index (χ2n) is 17.5. The number of likely N-dealkylation sites (N-methyl/N-ethyl adjacent to an activating group) is 1. The Hall–Kier alpha value is -3.00. The molecule has 1 spiro atoms. The number of carbonyl (C=O) groups is 5. The third-order valence-electron chi connectivity index (χ3n) is 12.9. The highest BCUT2D eigenvalue weighted by molar-refractivity contribution is 7.88. The molecule has 5 amide bonds. The Balaban J connectivity index is 1.39. The number of amides is 5. The largest absolute Gasteiger partial charge is 0.346 e. The van der Waals surface area contributed by atoms with Gasteiger partial charge in [-0.2, -0.15) is 0 Å². The van der Waals surface area contributed by atoms with Crippen LogP contribution in [0.2, 0.25) is 0 Å². The summed E-state index contributed by atoms with van der Waals surface area (Å²) >= 11 is 0. The van der Waals surface area contributed by atoms with E-state index >= 15 is 0 Å². The fourth-order valence-electron chi connectivity index (χ4n) is 9.16. The quantitative estimate of drug-likeness (QED) is 0.147. The molecule has 14 heteroatoms. The highest BCUT2D eigenvalue weighted by atomic mass is 32.2. The molecular formula is C38H62N6O7S. The first-order chi connectivity index (χ1) is 24.4. The number of urea groups is 1. The lowest BCUT2D eigenvalue weighted by Crippen LogP contribution is -2.61. The number of likely N-dealkylation sites (tertiary alicyclic amines) is 1. The van der Waals surface area contributed by atoms with E-state index < -0.39 is 63.2 Å². The maximum atomic E-state index is 14.9. The number of Topliss-reactive ketones (excluding diaryl/α,β-unsaturated/α-hetero) is 1. The number of ketones is 1. The van der Waals surface area contributed by atoms with E-state index in [1.165, 1.54) is 17.4 Å². The number of nitrogens with zero attached hydrogens (tertiary/aromatic N) is 2. The van der Waals surface area contributed by atoms with Crippen molar-refractivity contribution in [3.8, 4) is 0 Å². The van der Waals surface area contributed by atoms with Crippen molar-refractivity contribution in [2.45, 2.75) is 128 Å². The summed E-state index contributed by atoms with van der Waals surface area (Å²) < 4.78 is 25.7. The predicted molar refractivity (Wildman–Crippen MR) is 198 cm³/mol. The van der Waals surface area contributed by atoms with Gasteiger partial charge < -0.3 is 26.2 Å². The summed E-state index contributed by atoms with van der Waals surface area (Å²) in [7, 11) is -2.02. The summed E-state index contributed by atoms with van der Waals surface area (Å²) in [5.74, 6) is -1.95. The van der Waals surface area contributed by atoms with E-state index in [0.717, 1.165) is 83.3 Å². The van der Waals surface area contributed by atoms with Gasteiger partial charge in [0.05, 0.1) is 12.3 Å². The molecule has 0 bridgehead atoms. The van der Waals surface area contributed by atoms with Gasteiger partial charge in [-0.25, -0.2) is 17.5 Å².